The average Bonchev–Trinajstić information content (AvgIpc) is 2.68. The van der Waals surface area contributed by atoms with Crippen molar-refractivity contribution in [3.63, 3.8) is 0 Å². The fraction of sp³-hybridized carbons (Fsp3) is 0.462. The Morgan fingerprint density at radius 3 is 2.94 bits per heavy atom. The lowest BCUT2D eigenvalue weighted by molar-refractivity contribution is -0.127. The molecule has 1 fully saturated rings. The predicted molar refractivity (Wildman–Crippen MR) is 73.3 cm³/mol. The molecule has 1 aliphatic rings. The SMILES string of the molecule is O=C1CC(CCl)CN1CCc1cccc(Br)c1. The zero-order valence-corrected chi connectivity index (χ0v) is 11.9. The summed E-state index contributed by atoms with van der Waals surface area (Å²) in [7, 11) is 0. The standard InChI is InChI=1S/C13H15BrClNO/c14-12-3-1-2-10(6-12)4-5-16-9-11(8-15)7-13(16)17/h1-3,6,11H,4-5,7-9H2. The van der Waals surface area contributed by atoms with E-state index in [-0.39, 0.29) is 5.91 Å². The smallest absolute Gasteiger partial charge is 0.222 e. The van der Waals surface area contributed by atoms with Crippen LogP contribution >= 0.6 is 27.5 Å². The molecular formula is C13H15BrClNO. The Hall–Kier alpha value is -0.540. The highest BCUT2D eigenvalue weighted by Crippen LogP contribution is 2.19. The van der Waals surface area contributed by atoms with Crippen molar-refractivity contribution in [1.82, 2.24) is 4.90 Å². The molecule has 0 aromatic heterocycles. The monoisotopic (exact) mass is 315 g/mol. The summed E-state index contributed by atoms with van der Waals surface area (Å²) < 4.78 is 1.08. The van der Waals surface area contributed by atoms with E-state index >= 15 is 0 Å². The van der Waals surface area contributed by atoms with E-state index < -0.39 is 0 Å². The first kappa shape index (κ1) is 12.9. The summed E-state index contributed by atoms with van der Waals surface area (Å²) in [4.78, 5) is 13.6. The van der Waals surface area contributed by atoms with Crippen molar-refractivity contribution in [2.45, 2.75) is 12.8 Å². The number of carbonyl (C=O) groups is 1. The number of carbonyl (C=O) groups excluding carboxylic acids is 1. The quantitative estimate of drug-likeness (QED) is 0.782. The highest BCUT2D eigenvalue weighted by molar-refractivity contribution is 9.10. The van der Waals surface area contributed by atoms with E-state index in [1.165, 1.54) is 5.56 Å². The first-order valence-corrected chi connectivity index (χ1v) is 7.10. The largest absolute Gasteiger partial charge is 0.342 e. The summed E-state index contributed by atoms with van der Waals surface area (Å²) >= 11 is 9.24. The van der Waals surface area contributed by atoms with Crippen molar-refractivity contribution >= 4 is 33.4 Å². The van der Waals surface area contributed by atoms with Crippen LogP contribution in [0.25, 0.3) is 0 Å². The zero-order chi connectivity index (χ0) is 12.3. The Morgan fingerprint density at radius 2 is 2.29 bits per heavy atom. The van der Waals surface area contributed by atoms with Crippen LogP contribution in [0.1, 0.15) is 12.0 Å². The van der Waals surface area contributed by atoms with E-state index in [9.17, 15) is 4.79 Å². The maximum absolute atomic E-state index is 11.7. The molecule has 1 amide bonds. The second-order valence-electron chi connectivity index (χ2n) is 4.44. The van der Waals surface area contributed by atoms with E-state index in [0.717, 1.165) is 24.0 Å². The minimum Gasteiger partial charge on any atom is -0.342 e. The number of hydrogen-bond acceptors (Lipinski definition) is 1. The Bertz CT molecular complexity index is 410. The molecule has 1 aromatic rings. The maximum Gasteiger partial charge on any atom is 0.222 e. The Balaban J connectivity index is 1.88. The minimum atomic E-state index is 0.241. The third-order valence-corrected chi connectivity index (χ3v) is 4.00. The second-order valence-corrected chi connectivity index (χ2v) is 5.67. The van der Waals surface area contributed by atoms with Gasteiger partial charge in [0.1, 0.15) is 0 Å². The molecule has 0 spiro atoms. The molecule has 0 N–H and O–H groups in total. The van der Waals surface area contributed by atoms with Gasteiger partial charge in [-0.15, -0.1) is 11.6 Å². The van der Waals surface area contributed by atoms with Crippen LogP contribution in [0.4, 0.5) is 0 Å². The van der Waals surface area contributed by atoms with Gasteiger partial charge < -0.3 is 4.90 Å². The number of amides is 1. The summed E-state index contributed by atoms with van der Waals surface area (Å²) in [5.74, 6) is 1.16. The molecule has 92 valence electrons. The number of hydrogen-bond donors (Lipinski definition) is 0. The van der Waals surface area contributed by atoms with Gasteiger partial charge >= 0.3 is 0 Å². The van der Waals surface area contributed by atoms with Gasteiger partial charge in [0.15, 0.2) is 0 Å². The van der Waals surface area contributed by atoms with Gasteiger partial charge in [-0.05, 0) is 30.0 Å². The molecular weight excluding hydrogens is 302 g/mol. The molecule has 1 atom stereocenters. The lowest BCUT2D eigenvalue weighted by Gasteiger charge is -2.16. The van der Waals surface area contributed by atoms with Crippen molar-refractivity contribution in [3.8, 4) is 0 Å². The molecule has 1 aliphatic heterocycles. The third kappa shape index (κ3) is 3.46. The maximum atomic E-state index is 11.7. The van der Waals surface area contributed by atoms with Crippen LogP contribution in [0.5, 0.6) is 0 Å². The molecule has 1 saturated heterocycles. The zero-order valence-electron chi connectivity index (χ0n) is 9.53. The van der Waals surface area contributed by atoms with Crippen LogP contribution in [0.15, 0.2) is 28.7 Å². The Labute approximate surface area is 115 Å². The van der Waals surface area contributed by atoms with Gasteiger partial charge in [-0.3, -0.25) is 4.79 Å². The number of nitrogens with zero attached hydrogens (tertiary/aromatic N) is 1. The molecule has 2 nitrogen and oxygen atoms in total. The fourth-order valence-corrected chi connectivity index (χ4v) is 2.78. The summed E-state index contributed by atoms with van der Waals surface area (Å²) in [6.07, 6.45) is 1.52. The lowest BCUT2D eigenvalue weighted by Crippen LogP contribution is -2.27. The molecule has 0 aliphatic carbocycles. The van der Waals surface area contributed by atoms with Crippen molar-refractivity contribution in [2.75, 3.05) is 19.0 Å². The Kier molecular flexibility index (Phi) is 4.46. The van der Waals surface area contributed by atoms with E-state index in [1.807, 2.05) is 17.0 Å². The normalized spacial score (nSPS) is 20.0. The number of rotatable bonds is 4. The first-order chi connectivity index (χ1) is 8.19. The van der Waals surface area contributed by atoms with Gasteiger partial charge in [0.2, 0.25) is 5.91 Å². The van der Waals surface area contributed by atoms with Gasteiger partial charge in [0.25, 0.3) is 0 Å². The second kappa shape index (κ2) is 5.87. The predicted octanol–water partition coefficient (Wildman–Crippen LogP) is 3.08. The average molecular weight is 317 g/mol. The number of benzene rings is 1. The molecule has 0 saturated carbocycles. The first-order valence-electron chi connectivity index (χ1n) is 5.77. The molecule has 1 unspecified atom stereocenters. The molecule has 0 bridgehead atoms. The third-order valence-electron chi connectivity index (χ3n) is 3.07. The van der Waals surface area contributed by atoms with Crippen LogP contribution in [0.2, 0.25) is 0 Å². The van der Waals surface area contributed by atoms with Gasteiger partial charge in [-0.2, -0.15) is 0 Å². The summed E-state index contributed by atoms with van der Waals surface area (Å²) in [6.45, 7) is 1.61. The number of halogens is 2. The van der Waals surface area contributed by atoms with Crippen LogP contribution in [0, 0.1) is 5.92 Å². The van der Waals surface area contributed by atoms with Crippen LogP contribution in [-0.2, 0) is 11.2 Å². The van der Waals surface area contributed by atoms with Gasteiger partial charge in [0, 0.05) is 29.9 Å². The molecule has 1 aromatic carbocycles. The molecule has 0 radical (unpaired) electrons. The topological polar surface area (TPSA) is 20.3 Å². The van der Waals surface area contributed by atoms with Crippen LogP contribution in [-0.4, -0.2) is 29.8 Å². The van der Waals surface area contributed by atoms with E-state index in [1.54, 1.807) is 0 Å². The summed E-state index contributed by atoms with van der Waals surface area (Å²) in [5.41, 5.74) is 1.25. The van der Waals surface area contributed by atoms with Gasteiger partial charge in [-0.25, -0.2) is 0 Å². The molecule has 1 heterocycles. The van der Waals surface area contributed by atoms with Gasteiger partial charge in [-0.1, -0.05) is 28.1 Å². The number of alkyl halides is 1. The fourth-order valence-electron chi connectivity index (χ4n) is 2.13. The van der Waals surface area contributed by atoms with Crippen molar-refractivity contribution in [3.05, 3.63) is 34.3 Å². The van der Waals surface area contributed by atoms with Crippen molar-refractivity contribution < 1.29 is 4.79 Å². The van der Waals surface area contributed by atoms with Gasteiger partial charge in [0.05, 0.1) is 0 Å². The summed E-state index contributed by atoms with van der Waals surface area (Å²) in [5, 5.41) is 0. The van der Waals surface area contributed by atoms with E-state index in [4.69, 9.17) is 11.6 Å². The van der Waals surface area contributed by atoms with Crippen molar-refractivity contribution in [2.24, 2.45) is 5.92 Å². The molecule has 2 rings (SSSR count). The van der Waals surface area contributed by atoms with E-state index in [0.29, 0.717) is 18.2 Å². The van der Waals surface area contributed by atoms with Crippen LogP contribution < -0.4 is 0 Å². The minimum absolute atomic E-state index is 0.241. The van der Waals surface area contributed by atoms with Crippen molar-refractivity contribution in [1.29, 1.82) is 0 Å². The highest BCUT2D eigenvalue weighted by Gasteiger charge is 2.28. The van der Waals surface area contributed by atoms with Crippen LogP contribution in [0.3, 0.4) is 0 Å². The Morgan fingerprint density at radius 1 is 1.47 bits per heavy atom. The lowest BCUT2D eigenvalue weighted by atomic mass is 10.1. The number of likely N-dealkylation sites (tertiary alicyclic amines) is 1. The highest BCUT2D eigenvalue weighted by atomic mass is 79.9. The summed E-state index contributed by atoms with van der Waals surface area (Å²) in [6, 6.07) is 8.21. The van der Waals surface area contributed by atoms with E-state index in [2.05, 4.69) is 28.1 Å². The molecule has 17 heavy (non-hydrogen) atoms. The molecule has 4 heteroatoms.